The summed E-state index contributed by atoms with van der Waals surface area (Å²) in [7, 11) is 0. The average molecular weight is 234 g/mol. The van der Waals surface area contributed by atoms with Crippen molar-refractivity contribution in [2.45, 2.75) is 18.6 Å². The molecule has 3 nitrogen and oxygen atoms in total. The van der Waals surface area contributed by atoms with Crippen LogP contribution in [0.2, 0.25) is 5.02 Å². The summed E-state index contributed by atoms with van der Waals surface area (Å²) in [5.74, 6) is 0.510. The minimum atomic E-state index is -0.997. The number of aliphatic hydroxyl groups excluding tert-OH is 2. The Balaban J connectivity index is 2.78. The second-order valence-corrected chi connectivity index (χ2v) is 3.78. The molecular weight excluding hydrogens is 222 g/mol. The van der Waals surface area contributed by atoms with Crippen LogP contribution in [0.4, 0.5) is 0 Å². The van der Waals surface area contributed by atoms with E-state index in [1.807, 2.05) is 0 Å². The molecule has 0 aliphatic carbocycles. The van der Waals surface area contributed by atoms with Gasteiger partial charge in [-0.2, -0.15) is 12.6 Å². The van der Waals surface area contributed by atoms with Crippen LogP contribution in [-0.4, -0.2) is 27.1 Å². The van der Waals surface area contributed by atoms with Gasteiger partial charge in [-0.3, -0.25) is 4.98 Å². The minimum Gasteiger partial charge on any atom is -0.390 e. The van der Waals surface area contributed by atoms with Crippen LogP contribution in [0.1, 0.15) is 18.1 Å². The first-order chi connectivity index (χ1) is 6.66. The molecule has 5 heteroatoms. The number of nitrogens with zero attached hydrogens (tertiary/aromatic N) is 1. The van der Waals surface area contributed by atoms with Crippen LogP contribution in [0.3, 0.4) is 0 Å². The third-order valence-corrected chi connectivity index (χ3v) is 2.51. The van der Waals surface area contributed by atoms with Gasteiger partial charge < -0.3 is 10.2 Å². The van der Waals surface area contributed by atoms with E-state index in [1.165, 1.54) is 12.4 Å². The van der Waals surface area contributed by atoms with Crippen molar-refractivity contribution in [3.8, 4) is 0 Å². The Kier molecular flexibility index (Phi) is 4.68. The van der Waals surface area contributed by atoms with Gasteiger partial charge in [0, 0.05) is 23.0 Å². The van der Waals surface area contributed by atoms with Crippen molar-refractivity contribution < 1.29 is 10.2 Å². The van der Waals surface area contributed by atoms with Crippen molar-refractivity contribution in [2.24, 2.45) is 0 Å². The fourth-order valence-electron chi connectivity index (χ4n) is 1.10. The molecule has 0 saturated carbocycles. The summed E-state index contributed by atoms with van der Waals surface area (Å²) in [6.07, 6.45) is 1.55. The van der Waals surface area contributed by atoms with E-state index >= 15 is 0 Å². The molecular formula is C9H12ClNO2S. The minimum absolute atomic E-state index is 0.408. The maximum absolute atomic E-state index is 9.69. The molecule has 14 heavy (non-hydrogen) atoms. The zero-order valence-corrected chi connectivity index (χ0v) is 9.12. The second-order valence-electron chi connectivity index (χ2n) is 2.92. The molecule has 0 amide bonds. The Morgan fingerprint density at radius 3 is 2.79 bits per heavy atom. The smallest absolute Gasteiger partial charge is 0.108 e. The van der Waals surface area contributed by atoms with E-state index in [4.69, 9.17) is 11.6 Å². The Morgan fingerprint density at radius 2 is 2.21 bits per heavy atom. The van der Waals surface area contributed by atoms with Gasteiger partial charge in [0.15, 0.2) is 0 Å². The lowest BCUT2D eigenvalue weighted by Crippen LogP contribution is -2.19. The van der Waals surface area contributed by atoms with E-state index in [9.17, 15) is 10.2 Å². The molecule has 0 fully saturated rings. The number of hydrogen-bond acceptors (Lipinski definition) is 4. The van der Waals surface area contributed by atoms with Crippen LogP contribution in [0.5, 0.6) is 0 Å². The van der Waals surface area contributed by atoms with Crippen molar-refractivity contribution >= 4 is 24.2 Å². The normalized spacial score (nSPS) is 15.1. The van der Waals surface area contributed by atoms with E-state index in [-0.39, 0.29) is 0 Å². The van der Waals surface area contributed by atoms with Crippen molar-refractivity contribution in [1.29, 1.82) is 0 Å². The molecule has 0 spiro atoms. The average Bonchev–Trinajstić information content (AvgIpc) is 2.18. The van der Waals surface area contributed by atoms with Crippen LogP contribution < -0.4 is 0 Å². The fraction of sp³-hybridized carbons (Fsp3) is 0.444. The Bertz CT molecular complexity index is 298. The van der Waals surface area contributed by atoms with E-state index in [0.29, 0.717) is 22.8 Å². The van der Waals surface area contributed by atoms with Gasteiger partial charge in [0.1, 0.15) is 6.10 Å². The number of rotatable bonds is 4. The van der Waals surface area contributed by atoms with E-state index in [2.05, 4.69) is 17.6 Å². The lowest BCUT2D eigenvalue weighted by molar-refractivity contribution is 0.0171. The summed E-state index contributed by atoms with van der Waals surface area (Å²) >= 11 is 9.81. The highest BCUT2D eigenvalue weighted by molar-refractivity contribution is 7.80. The molecule has 1 aromatic rings. The summed E-state index contributed by atoms with van der Waals surface area (Å²) in [5.41, 5.74) is 0.448. The predicted molar refractivity (Wildman–Crippen MR) is 58.7 cm³/mol. The van der Waals surface area contributed by atoms with Crippen LogP contribution in [-0.2, 0) is 0 Å². The van der Waals surface area contributed by atoms with Crippen LogP contribution >= 0.6 is 24.2 Å². The topological polar surface area (TPSA) is 53.4 Å². The van der Waals surface area contributed by atoms with E-state index in [0.717, 1.165) is 0 Å². The lowest BCUT2D eigenvalue weighted by Gasteiger charge is -2.17. The number of aromatic nitrogens is 1. The van der Waals surface area contributed by atoms with E-state index in [1.54, 1.807) is 6.07 Å². The van der Waals surface area contributed by atoms with Gasteiger partial charge in [0.05, 0.1) is 6.10 Å². The highest BCUT2D eigenvalue weighted by atomic mass is 35.5. The van der Waals surface area contributed by atoms with Gasteiger partial charge in [-0.1, -0.05) is 11.6 Å². The fourth-order valence-corrected chi connectivity index (χ4v) is 1.59. The first kappa shape index (κ1) is 11.8. The molecule has 2 N–H and O–H groups in total. The van der Waals surface area contributed by atoms with Crippen molar-refractivity contribution in [3.63, 3.8) is 0 Å². The maximum atomic E-state index is 9.69. The van der Waals surface area contributed by atoms with Gasteiger partial charge in [0.25, 0.3) is 0 Å². The third-order valence-electron chi connectivity index (χ3n) is 1.90. The molecule has 0 bridgehead atoms. The van der Waals surface area contributed by atoms with Gasteiger partial charge in [-0.05, 0) is 18.2 Å². The van der Waals surface area contributed by atoms with Gasteiger partial charge in [0.2, 0.25) is 0 Å². The lowest BCUT2D eigenvalue weighted by atomic mass is 10.0. The van der Waals surface area contributed by atoms with Crippen LogP contribution in [0.15, 0.2) is 18.5 Å². The predicted octanol–water partition coefficient (Wildman–Crippen LogP) is 1.45. The molecule has 0 saturated heterocycles. The summed E-state index contributed by atoms with van der Waals surface area (Å²) < 4.78 is 0. The zero-order chi connectivity index (χ0) is 10.6. The van der Waals surface area contributed by atoms with Gasteiger partial charge in [-0.15, -0.1) is 0 Å². The highest BCUT2D eigenvalue weighted by Crippen LogP contribution is 2.25. The first-order valence-corrected chi connectivity index (χ1v) is 5.24. The molecule has 0 aliphatic rings. The molecule has 1 aromatic heterocycles. The molecule has 0 aliphatic heterocycles. The molecule has 78 valence electrons. The number of thiol groups is 1. The quantitative estimate of drug-likeness (QED) is 0.690. The standard InChI is InChI=1S/C9H12ClNO2S/c10-7-1-3-11-5-6(7)9(13)8(12)2-4-14/h1,3,5,8-9,12-14H,2,4H2. The van der Waals surface area contributed by atoms with E-state index < -0.39 is 12.2 Å². The van der Waals surface area contributed by atoms with Gasteiger partial charge in [-0.25, -0.2) is 0 Å². The van der Waals surface area contributed by atoms with Crippen LogP contribution in [0.25, 0.3) is 0 Å². The third kappa shape index (κ3) is 2.85. The highest BCUT2D eigenvalue weighted by Gasteiger charge is 2.19. The van der Waals surface area contributed by atoms with Crippen molar-refractivity contribution in [3.05, 3.63) is 29.0 Å². The summed E-state index contributed by atoms with van der Waals surface area (Å²) in [5, 5.41) is 19.6. The summed E-state index contributed by atoms with van der Waals surface area (Å²) in [4.78, 5) is 3.83. The zero-order valence-electron chi connectivity index (χ0n) is 7.47. The number of halogens is 1. The summed E-state index contributed by atoms with van der Waals surface area (Å²) in [6.45, 7) is 0. The SMILES string of the molecule is OC(CCS)C(O)c1cnccc1Cl. The molecule has 0 aromatic carbocycles. The molecule has 0 radical (unpaired) electrons. The largest absolute Gasteiger partial charge is 0.390 e. The van der Waals surface area contributed by atoms with Crippen molar-refractivity contribution in [2.75, 3.05) is 5.75 Å². The molecule has 1 rings (SSSR count). The van der Waals surface area contributed by atoms with Gasteiger partial charge >= 0.3 is 0 Å². The monoisotopic (exact) mass is 233 g/mol. The Hall–Kier alpha value is -0.290. The Morgan fingerprint density at radius 1 is 1.50 bits per heavy atom. The maximum Gasteiger partial charge on any atom is 0.108 e. The molecule has 1 heterocycles. The molecule has 2 unspecified atom stereocenters. The Labute approximate surface area is 93.2 Å². The number of aliphatic hydroxyl groups is 2. The summed E-state index contributed by atoms with van der Waals surface area (Å²) in [6, 6.07) is 1.58. The number of pyridine rings is 1. The number of hydrogen-bond donors (Lipinski definition) is 3. The molecule has 2 atom stereocenters. The van der Waals surface area contributed by atoms with Crippen molar-refractivity contribution in [1.82, 2.24) is 4.98 Å². The first-order valence-electron chi connectivity index (χ1n) is 4.23. The second kappa shape index (κ2) is 5.56. The van der Waals surface area contributed by atoms with Crippen LogP contribution in [0, 0.1) is 0 Å².